The average Bonchev–Trinajstić information content (AvgIpc) is 3.32. The molecule has 0 aliphatic carbocycles. The molecule has 0 aliphatic heterocycles. The van der Waals surface area contributed by atoms with Crippen LogP contribution in [0, 0.1) is 0 Å². The molecule has 0 fully saturated rings. The topological polar surface area (TPSA) is 59.5 Å². The second-order valence-electron chi connectivity index (χ2n) is 5.99. The standard InChI is InChI=1S/C19H20N2O3S2/c1-13(19-20-15-5-3-4-6-16(15)26-19)21(2)17(22)11-24-18(23)8-7-14-9-10-25-12-14/h3-6,9-10,12-13H,7-8,11H2,1-2H3/t13-/m0/s1. The summed E-state index contributed by atoms with van der Waals surface area (Å²) in [5.74, 6) is -0.591. The number of ether oxygens (including phenoxy) is 1. The predicted molar refractivity (Wildman–Crippen MR) is 104 cm³/mol. The fraction of sp³-hybridized carbons (Fsp3) is 0.316. The van der Waals surface area contributed by atoms with Crippen molar-refractivity contribution in [2.75, 3.05) is 13.7 Å². The van der Waals surface area contributed by atoms with Gasteiger partial charge in [0.1, 0.15) is 5.01 Å². The van der Waals surface area contributed by atoms with Crippen molar-refractivity contribution in [3.05, 3.63) is 51.7 Å². The predicted octanol–water partition coefficient (Wildman–Crippen LogP) is 4.05. The van der Waals surface area contributed by atoms with Crippen LogP contribution < -0.4 is 0 Å². The quantitative estimate of drug-likeness (QED) is 0.573. The SMILES string of the molecule is C[C@@H](c1nc2ccccc2s1)N(C)C(=O)COC(=O)CCc1ccsc1. The minimum absolute atomic E-state index is 0.176. The van der Waals surface area contributed by atoms with Crippen LogP contribution >= 0.6 is 22.7 Å². The second kappa shape index (κ2) is 8.42. The van der Waals surface area contributed by atoms with Gasteiger partial charge in [0.15, 0.2) is 6.61 Å². The third kappa shape index (κ3) is 4.47. The van der Waals surface area contributed by atoms with Crippen LogP contribution in [0.25, 0.3) is 10.2 Å². The van der Waals surface area contributed by atoms with E-state index in [1.807, 2.05) is 48.0 Å². The molecule has 0 saturated heterocycles. The highest BCUT2D eigenvalue weighted by atomic mass is 32.1. The summed E-state index contributed by atoms with van der Waals surface area (Å²) in [5, 5.41) is 4.85. The maximum Gasteiger partial charge on any atom is 0.306 e. The Morgan fingerprint density at radius 3 is 2.81 bits per heavy atom. The van der Waals surface area contributed by atoms with Crippen LogP contribution in [-0.4, -0.2) is 35.4 Å². The lowest BCUT2D eigenvalue weighted by Crippen LogP contribution is -2.33. The Kier molecular flexibility index (Phi) is 6.00. The summed E-state index contributed by atoms with van der Waals surface area (Å²) in [6.45, 7) is 1.68. The number of amides is 1. The maximum absolute atomic E-state index is 12.3. The third-order valence-corrected chi connectivity index (χ3v) is 6.14. The first-order chi connectivity index (χ1) is 12.5. The molecule has 0 unspecified atom stereocenters. The van der Waals surface area contributed by atoms with Crippen LogP contribution in [0.3, 0.4) is 0 Å². The van der Waals surface area contributed by atoms with Gasteiger partial charge in [0, 0.05) is 13.5 Å². The number of carbonyl (C=O) groups excluding carboxylic acids is 2. The molecule has 5 nitrogen and oxygen atoms in total. The molecule has 1 aromatic carbocycles. The molecule has 1 atom stereocenters. The lowest BCUT2D eigenvalue weighted by molar-refractivity contribution is -0.152. The highest BCUT2D eigenvalue weighted by Crippen LogP contribution is 2.28. The van der Waals surface area contributed by atoms with E-state index in [0.717, 1.165) is 20.8 Å². The maximum atomic E-state index is 12.3. The van der Waals surface area contributed by atoms with Gasteiger partial charge in [-0.2, -0.15) is 11.3 Å². The molecule has 136 valence electrons. The van der Waals surface area contributed by atoms with E-state index in [1.165, 1.54) is 0 Å². The van der Waals surface area contributed by atoms with Crippen molar-refractivity contribution in [3.8, 4) is 0 Å². The largest absolute Gasteiger partial charge is 0.456 e. The molecule has 2 heterocycles. The van der Waals surface area contributed by atoms with Gasteiger partial charge in [-0.05, 0) is 47.9 Å². The van der Waals surface area contributed by atoms with Crippen molar-refractivity contribution < 1.29 is 14.3 Å². The number of rotatable bonds is 7. The molecule has 0 spiro atoms. The normalized spacial score (nSPS) is 12.1. The van der Waals surface area contributed by atoms with Crippen molar-refractivity contribution >= 4 is 44.8 Å². The lowest BCUT2D eigenvalue weighted by atomic mass is 10.2. The number of aryl methyl sites for hydroxylation is 1. The zero-order valence-corrected chi connectivity index (χ0v) is 16.3. The Hall–Kier alpha value is -2.25. The molecule has 1 amide bonds. The first-order valence-corrected chi connectivity index (χ1v) is 10.1. The summed E-state index contributed by atoms with van der Waals surface area (Å²) in [6.07, 6.45) is 0.912. The smallest absolute Gasteiger partial charge is 0.306 e. The molecule has 7 heteroatoms. The highest BCUT2D eigenvalue weighted by Gasteiger charge is 2.21. The van der Waals surface area contributed by atoms with Crippen LogP contribution in [0.15, 0.2) is 41.1 Å². The molecule has 3 rings (SSSR count). The second-order valence-corrected chi connectivity index (χ2v) is 7.83. The van der Waals surface area contributed by atoms with Gasteiger partial charge in [-0.25, -0.2) is 4.98 Å². The van der Waals surface area contributed by atoms with Crippen molar-refractivity contribution in [2.24, 2.45) is 0 Å². The number of esters is 1. The Bertz CT molecular complexity index is 856. The fourth-order valence-electron chi connectivity index (χ4n) is 2.45. The summed E-state index contributed by atoms with van der Waals surface area (Å²) in [6, 6.07) is 9.69. The molecular formula is C19H20N2O3S2. The summed E-state index contributed by atoms with van der Waals surface area (Å²) < 4.78 is 6.22. The van der Waals surface area contributed by atoms with Gasteiger partial charge >= 0.3 is 5.97 Å². The summed E-state index contributed by atoms with van der Waals surface area (Å²) in [5.41, 5.74) is 2.04. The number of thiophene rings is 1. The Labute approximate surface area is 160 Å². The summed E-state index contributed by atoms with van der Waals surface area (Å²) in [7, 11) is 1.71. The Morgan fingerprint density at radius 2 is 2.08 bits per heavy atom. The van der Waals surface area contributed by atoms with Crippen molar-refractivity contribution in [1.29, 1.82) is 0 Å². The van der Waals surface area contributed by atoms with E-state index in [9.17, 15) is 9.59 Å². The molecular weight excluding hydrogens is 368 g/mol. The van der Waals surface area contributed by atoms with Gasteiger partial charge in [-0.15, -0.1) is 11.3 Å². The van der Waals surface area contributed by atoms with Crippen LogP contribution in [0.5, 0.6) is 0 Å². The summed E-state index contributed by atoms with van der Waals surface area (Å²) >= 11 is 3.17. The molecule has 0 radical (unpaired) electrons. The van der Waals surface area contributed by atoms with E-state index in [4.69, 9.17) is 4.74 Å². The van der Waals surface area contributed by atoms with Crippen molar-refractivity contribution in [3.63, 3.8) is 0 Å². The van der Waals surface area contributed by atoms with E-state index in [-0.39, 0.29) is 30.9 Å². The number of benzene rings is 1. The zero-order chi connectivity index (χ0) is 18.5. The first-order valence-electron chi connectivity index (χ1n) is 8.32. The number of para-hydroxylation sites is 1. The highest BCUT2D eigenvalue weighted by molar-refractivity contribution is 7.18. The van der Waals surface area contributed by atoms with Gasteiger partial charge in [0.05, 0.1) is 16.3 Å². The van der Waals surface area contributed by atoms with E-state index in [2.05, 4.69) is 4.98 Å². The molecule has 0 bridgehead atoms. The van der Waals surface area contributed by atoms with Gasteiger partial charge in [0.2, 0.25) is 0 Å². The number of likely N-dealkylation sites (N-methyl/N-ethyl adjacent to an activating group) is 1. The Morgan fingerprint density at radius 1 is 1.27 bits per heavy atom. The van der Waals surface area contributed by atoms with E-state index >= 15 is 0 Å². The molecule has 0 saturated carbocycles. The van der Waals surface area contributed by atoms with Gasteiger partial charge in [-0.3, -0.25) is 9.59 Å². The number of nitrogens with zero attached hydrogens (tertiary/aromatic N) is 2. The molecule has 3 aromatic rings. The van der Waals surface area contributed by atoms with E-state index < -0.39 is 0 Å². The molecule has 2 aromatic heterocycles. The number of carbonyl (C=O) groups is 2. The number of thiazole rings is 1. The van der Waals surface area contributed by atoms with Crippen LogP contribution in [-0.2, 0) is 20.7 Å². The molecule has 0 N–H and O–H groups in total. The summed E-state index contributed by atoms with van der Waals surface area (Å²) in [4.78, 5) is 30.3. The van der Waals surface area contributed by atoms with Gasteiger partial charge in [-0.1, -0.05) is 12.1 Å². The van der Waals surface area contributed by atoms with Crippen molar-refractivity contribution in [1.82, 2.24) is 9.88 Å². The van der Waals surface area contributed by atoms with E-state index in [0.29, 0.717) is 6.42 Å². The van der Waals surface area contributed by atoms with Gasteiger partial charge in [0.25, 0.3) is 5.91 Å². The molecule has 0 aliphatic rings. The van der Waals surface area contributed by atoms with Crippen LogP contribution in [0.2, 0.25) is 0 Å². The average molecular weight is 389 g/mol. The lowest BCUT2D eigenvalue weighted by Gasteiger charge is -2.23. The fourth-order valence-corrected chi connectivity index (χ4v) is 4.21. The number of hydrogen-bond acceptors (Lipinski definition) is 6. The number of hydrogen-bond donors (Lipinski definition) is 0. The Balaban J connectivity index is 1.51. The minimum atomic E-state index is -0.356. The number of fused-ring (bicyclic) bond motifs is 1. The zero-order valence-electron chi connectivity index (χ0n) is 14.7. The molecule has 26 heavy (non-hydrogen) atoms. The minimum Gasteiger partial charge on any atom is -0.456 e. The third-order valence-electron chi connectivity index (χ3n) is 4.20. The van der Waals surface area contributed by atoms with Gasteiger partial charge < -0.3 is 9.64 Å². The van der Waals surface area contributed by atoms with Crippen LogP contribution in [0.1, 0.15) is 30.0 Å². The van der Waals surface area contributed by atoms with E-state index in [1.54, 1.807) is 34.6 Å². The van der Waals surface area contributed by atoms with Crippen LogP contribution in [0.4, 0.5) is 0 Å². The number of aromatic nitrogens is 1. The first kappa shape index (κ1) is 18.5. The van der Waals surface area contributed by atoms with Crippen molar-refractivity contribution in [2.45, 2.75) is 25.8 Å². The monoisotopic (exact) mass is 388 g/mol.